The van der Waals surface area contributed by atoms with Gasteiger partial charge in [0.05, 0.1) is 6.54 Å². The molecule has 0 fully saturated rings. The van der Waals surface area contributed by atoms with E-state index in [1.807, 2.05) is 31.2 Å². The molecule has 0 radical (unpaired) electrons. The molecule has 100 valence electrons. The third-order valence-corrected chi connectivity index (χ3v) is 3.79. The monoisotopic (exact) mass is 294 g/mol. The predicted octanol–water partition coefficient (Wildman–Crippen LogP) is 4.39. The van der Waals surface area contributed by atoms with Gasteiger partial charge in [-0.2, -0.15) is 0 Å². The molecule has 5 heteroatoms. The molecule has 2 aromatic rings. The summed E-state index contributed by atoms with van der Waals surface area (Å²) in [6, 6.07) is 7.57. The minimum Gasteiger partial charge on any atom is -0.380 e. The minimum absolute atomic E-state index is 0.197. The number of carbonyl (C=O) groups excluding carboxylic acids is 1. The molecule has 0 aliphatic rings. The van der Waals surface area contributed by atoms with Crippen LogP contribution in [-0.4, -0.2) is 10.8 Å². The molecule has 0 saturated carbocycles. The molecule has 0 unspecified atom stereocenters. The summed E-state index contributed by atoms with van der Waals surface area (Å²) in [4.78, 5) is 16.8. The highest BCUT2D eigenvalue weighted by molar-refractivity contribution is 7.15. The van der Waals surface area contributed by atoms with Crippen molar-refractivity contribution in [1.82, 2.24) is 4.98 Å². The van der Waals surface area contributed by atoms with E-state index in [4.69, 9.17) is 11.6 Å². The molecular formula is C14H15ClN2OS. The molecule has 0 bridgehead atoms. The molecule has 1 heterocycles. The Bertz CT molecular complexity index is 551. The van der Waals surface area contributed by atoms with Crippen LogP contribution in [0.25, 0.3) is 0 Å². The molecule has 0 saturated heterocycles. The fourth-order valence-electron chi connectivity index (χ4n) is 1.70. The van der Waals surface area contributed by atoms with Crippen LogP contribution in [0.2, 0.25) is 4.47 Å². The number of rotatable bonds is 6. The Labute approximate surface area is 121 Å². The fourth-order valence-corrected chi connectivity index (χ4v) is 2.62. The fraction of sp³-hybridized carbons (Fsp3) is 0.286. The van der Waals surface area contributed by atoms with Crippen LogP contribution in [0.3, 0.4) is 0 Å². The first-order chi connectivity index (χ1) is 9.19. The summed E-state index contributed by atoms with van der Waals surface area (Å²) in [5, 5.41) is 3.27. The molecule has 1 aromatic carbocycles. The highest BCUT2D eigenvalue weighted by atomic mass is 35.5. The number of carbonyl (C=O) groups is 1. The van der Waals surface area contributed by atoms with E-state index in [-0.39, 0.29) is 5.78 Å². The Morgan fingerprint density at radius 1 is 1.37 bits per heavy atom. The van der Waals surface area contributed by atoms with E-state index in [9.17, 15) is 4.79 Å². The van der Waals surface area contributed by atoms with Crippen LogP contribution in [0.15, 0.2) is 30.5 Å². The average Bonchev–Trinajstić information content (AvgIpc) is 2.83. The molecule has 0 aliphatic carbocycles. The molecule has 2 rings (SSSR count). The summed E-state index contributed by atoms with van der Waals surface area (Å²) >= 11 is 7.23. The third kappa shape index (κ3) is 4.04. The van der Waals surface area contributed by atoms with E-state index in [1.54, 1.807) is 6.20 Å². The molecule has 0 aliphatic heterocycles. The second kappa shape index (κ2) is 6.68. The number of hydrogen-bond acceptors (Lipinski definition) is 4. The number of nitrogens with zero attached hydrogens (tertiary/aromatic N) is 1. The zero-order chi connectivity index (χ0) is 13.7. The molecule has 1 N–H and O–H groups in total. The van der Waals surface area contributed by atoms with Crippen LogP contribution < -0.4 is 5.32 Å². The number of anilines is 1. The van der Waals surface area contributed by atoms with Crippen molar-refractivity contribution < 1.29 is 4.79 Å². The molecule has 3 nitrogen and oxygen atoms in total. The van der Waals surface area contributed by atoms with E-state index in [0.717, 1.165) is 22.5 Å². The third-order valence-electron chi connectivity index (χ3n) is 2.68. The van der Waals surface area contributed by atoms with Crippen molar-refractivity contribution in [2.75, 3.05) is 5.32 Å². The quantitative estimate of drug-likeness (QED) is 0.803. The van der Waals surface area contributed by atoms with Gasteiger partial charge in [-0.25, -0.2) is 4.98 Å². The SMILES string of the molecule is CCCC(=O)c1ccc(NCc2cnc(Cl)s2)cc1. The largest absolute Gasteiger partial charge is 0.380 e. The zero-order valence-corrected chi connectivity index (χ0v) is 12.2. The van der Waals surface area contributed by atoms with Crippen molar-refractivity contribution >= 4 is 34.4 Å². The van der Waals surface area contributed by atoms with E-state index in [1.165, 1.54) is 11.3 Å². The van der Waals surface area contributed by atoms with Crippen LogP contribution >= 0.6 is 22.9 Å². The van der Waals surface area contributed by atoms with Crippen molar-refractivity contribution in [3.63, 3.8) is 0 Å². The minimum atomic E-state index is 0.197. The number of nitrogens with one attached hydrogen (secondary N) is 1. The van der Waals surface area contributed by atoms with E-state index < -0.39 is 0 Å². The van der Waals surface area contributed by atoms with Crippen LogP contribution in [-0.2, 0) is 6.54 Å². The van der Waals surface area contributed by atoms with Gasteiger partial charge in [-0.3, -0.25) is 4.79 Å². The Kier molecular flexibility index (Phi) is 4.93. The number of hydrogen-bond donors (Lipinski definition) is 1. The average molecular weight is 295 g/mol. The topological polar surface area (TPSA) is 42.0 Å². The lowest BCUT2D eigenvalue weighted by Gasteiger charge is -2.05. The van der Waals surface area contributed by atoms with Crippen LogP contribution in [0.5, 0.6) is 0 Å². The van der Waals surface area contributed by atoms with Crippen molar-refractivity contribution in [2.24, 2.45) is 0 Å². The number of ketones is 1. The van der Waals surface area contributed by atoms with Gasteiger partial charge in [-0.15, -0.1) is 11.3 Å². The summed E-state index contributed by atoms with van der Waals surface area (Å²) in [6.45, 7) is 2.70. The van der Waals surface area contributed by atoms with Gasteiger partial charge in [0.15, 0.2) is 10.3 Å². The Morgan fingerprint density at radius 2 is 2.11 bits per heavy atom. The van der Waals surface area contributed by atoms with Gasteiger partial charge >= 0.3 is 0 Å². The first kappa shape index (κ1) is 14.0. The van der Waals surface area contributed by atoms with Crippen molar-refractivity contribution in [1.29, 1.82) is 0 Å². The standard InChI is InChI=1S/C14H15ClN2OS/c1-2-3-13(18)10-4-6-11(7-5-10)16-8-12-9-17-14(15)19-12/h4-7,9,16H,2-3,8H2,1H3. The first-order valence-electron chi connectivity index (χ1n) is 6.16. The lowest BCUT2D eigenvalue weighted by Crippen LogP contribution is -2.00. The normalized spacial score (nSPS) is 10.4. The molecule has 0 amide bonds. The Hall–Kier alpha value is -1.39. The molecule has 19 heavy (non-hydrogen) atoms. The Balaban J connectivity index is 1.93. The lowest BCUT2D eigenvalue weighted by molar-refractivity contribution is 0.0982. The van der Waals surface area contributed by atoms with Gasteiger partial charge in [0.25, 0.3) is 0 Å². The van der Waals surface area contributed by atoms with Crippen molar-refractivity contribution in [2.45, 2.75) is 26.3 Å². The first-order valence-corrected chi connectivity index (χ1v) is 7.36. The summed E-state index contributed by atoms with van der Waals surface area (Å²) in [5.74, 6) is 0.197. The van der Waals surface area contributed by atoms with Crippen LogP contribution in [0.1, 0.15) is 35.0 Å². The van der Waals surface area contributed by atoms with Crippen molar-refractivity contribution in [3.05, 3.63) is 45.4 Å². The number of aromatic nitrogens is 1. The molecule has 0 atom stereocenters. The van der Waals surface area contributed by atoms with Gasteiger partial charge < -0.3 is 5.32 Å². The number of thiazole rings is 1. The Morgan fingerprint density at radius 3 is 2.68 bits per heavy atom. The molecule has 1 aromatic heterocycles. The van der Waals surface area contributed by atoms with Gasteiger partial charge in [-0.05, 0) is 30.7 Å². The number of Topliss-reactive ketones (excluding diaryl/α,β-unsaturated/α-hetero) is 1. The smallest absolute Gasteiger partial charge is 0.183 e. The predicted molar refractivity (Wildman–Crippen MR) is 80.1 cm³/mol. The van der Waals surface area contributed by atoms with Crippen LogP contribution in [0.4, 0.5) is 5.69 Å². The van der Waals surface area contributed by atoms with E-state index in [2.05, 4.69) is 10.3 Å². The number of benzene rings is 1. The second-order valence-corrected chi connectivity index (χ2v) is 5.88. The lowest BCUT2D eigenvalue weighted by atomic mass is 10.1. The highest BCUT2D eigenvalue weighted by Gasteiger charge is 2.04. The van der Waals surface area contributed by atoms with Gasteiger partial charge in [0.1, 0.15) is 0 Å². The summed E-state index contributed by atoms with van der Waals surface area (Å²) < 4.78 is 0.553. The summed E-state index contributed by atoms with van der Waals surface area (Å²) in [6.07, 6.45) is 3.25. The summed E-state index contributed by atoms with van der Waals surface area (Å²) in [7, 11) is 0. The van der Waals surface area contributed by atoms with E-state index in [0.29, 0.717) is 17.4 Å². The van der Waals surface area contributed by atoms with Gasteiger partial charge in [-0.1, -0.05) is 18.5 Å². The zero-order valence-electron chi connectivity index (χ0n) is 10.6. The maximum absolute atomic E-state index is 11.7. The maximum atomic E-state index is 11.7. The summed E-state index contributed by atoms with van der Waals surface area (Å²) in [5.41, 5.74) is 1.76. The highest BCUT2D eigenvalue weighted by Crippen LogP contribution is 2.19. The molecular weight excluding hydrogens is 280 g/mol. The maximum Gasteiger partial charge on any atom is 0.183 e. The van der Waals surface area contributed by atoms with Gasteiger partial charge in [0.2, 0.25) is 0 Å². The number of halogens is 1. The van der Waals surface area contributed by atoms with Gasteiger partial charge in [0, 0.05) is 28.7 Å². The van der Waals surface area contributed by atoms with E-state index >= 15 is 0 Å². The molecule has 0 spiro atoms. The van der Waals surface area contributed by atoms with Crippen molar-refractivity contribution in [3.8, 4) is 0 Å². The second-order valence-electron chi connectivity index (χ2n) is 4.18. The van der Waals surface area contributed by atoms with Crippen LogP contribution in [0, 0.1) is 0 Å².